The third-order valence-electron chi connectivity index (χ3n) is 3.76. The number of pyridine rings is 1. The van der Waals surface area contributed by atoms with Crippen LogP contribution in [0.2, 0.25) is 0 Å². The van der Waals surface area contributed by atoms with E-state index in [2.05, 4.69) is 20.8 Å². The van der Waals surface area contributed by atoms with Crippen LogP contribution in [0.1, 0.15) is 32.0 Å². The number of carbonyl (C=O) groups excluding carboxylic acids is 2. The Labute approximate surface area is 157 Å². The lowest BCUT2D eigenvalue weighted by Gasteiger charge is -2.06. The third-order valence-corrected chi connectivity index (χ3v) is 3.76. The summed E-state index contributed by atoms with van der Waals surface area (Å²) < 4.78 is 0. The molecule has 0 atom stereocenters. The standard InChI is InChI=1S/C21H18N4O2/c1-15-5-11-18(12-6-15)24-20(26)17-9-7-16(8-10-17)14-23-25-21(27)19-4-2-3-13-22-19/h2-14H,1H3,(H,24,26)(H,25,27). The summed E-state index contributed by atoms with van der Waals surface area (Å²) in [5.41, 5.74) is 5.86. The van der Waals surface area contributed by atoms with Crippen molar-refractivity contribution in [2.24, 2.45) is 5.10 Å². The van der Waals surface area contributed by atoms with Crippen LogP contribution in [0, 0.1) is 6.92 Å². The summed E-state index contributed by atoms with van der Waals surface area (Å²) >= 11 is 0. The SMILES string of the molecule is Cc1ccc(NC(=O)c2ccc(C=NNC(=O)c3ccccn3)cc2)cc1. The average molecular weight is 358 g/mol. The van der Waals surface area contributed by atoms with E-state index in [-0.39, 0.29) is 17.5 Å². The Morgan fingerprint density at radius 2 is 1.67 bits per heavy atom. The van der Waals surface area contributed by atoms with Gasteiger partial charge in [-0.15, -0.1) is 0 Å². The number of rotatable bonds is 5. The number of nitrogens with zero attached hydrogens (tertiary/aromatic N) is 2. The molecule has 3 aromatic rings. The molecule has 6 heteroatoms. The highest BCUT2D eigenvalue weighted by Gasteiger charge is 2.06. The quantitative estimate of drug-likeness (QED) is 0.541. The van der Waals surface area contributed by atoms with Crippen LogP contribution in [0.3, 0.4) is 0 Å². The highest BCUT2D eigenvalue weighted by atomic mass is 16.2. The molecule has 27 heavy (non-hydrogen) atoms. The van der Waals surface area contributed by atoms with Crippen LogP contribution in [-0.2, 0) is 0 Å². The van der Waals surface area contributed by atoms with Crippen molar-refractivity contribution < 1.29 is 9.59 Å². The minimum Gasteiger partial charge on any atom is -0.322 e. The summed E-state index contributed by atoms with van der Waals surface area (Å²) in [6.07, 6.45) is 3.04. The summed E-state index contributed by atoms with van der Waals surface area (Å²) in [4.78, 5) is 28.0. The summed E-state index contributed by atoms with van der Waals surface area (Å²) in [5.74, 6) is -0.577. The number of carbonyl (C=O) groups is 2. The lowest BCUT2D eigenvalue weighted by molar-refractivity contribution is 0.0949. The lowest BCUT2D eigenvalue weighted by Crippen LogP contribution is -2.18. The van der Waals surface area contributed by atoms with Gasteiger partial charge in [0.2, 0.25) is 0 Å². The van der Waals surface area contributed by atoms with Gasteiger partial charge in [-0.3, -0.25) is 14.6 Å². The molecule has 3 rings (SSSR count). The minimum absolute atomic E-state index is 0.189. The van der Waals surface area contributed by atoms with E-state index in [1.54, 1.807) is 48.7 Å². The maximum absolute atomic E-state index is 12.3. The molecule has 0 unspecified atom stereocenters. The second kappa shape index (κ2) is 8.53. The van der Waals surface area contributed by atoms with E-state index in [0.29, 0.717) is 5.56 Å². The first-order valence-corrected chi connectivity index (χ1v) is 8.34. The fourth-order valence-electron chi connectivity index (χ4n) is 2.28. The van der Waals surface area contributed by atoms with Gasteiger partial charge in [0.15, 0.2) is 0 Å². The van der Waals surface area contributed by atoms with E-state index in [9.17, 15) is 9.59 Å². The van der Waals surface area contributed by atoms with E-state index in [4.69, 9.17) is 0 Å². The van der Waals surface area contributed by atoms with Crippen LogP contribution in [0.15, 0.2) is 78.0 Å². The number of hydrogen-bond donors (Lipinski definition) is 2. The van der Waals surface area contributed by atoms with Gasteiger partial charge in [-0.2, -0.15) is 5.10 Å². The maximum Gasteiger partial charge on any atom is 0.289 e. The van der Waals surface area contributed by atoms with Gasteiger partial charge in [-0.1, -0.05) is 35.9 Å². The molecule has 1 heterocycles. The van der Waals surface area contributed by atoms with Gasteiger partial charge >= 0.3 is 0 Å². The Morgan fingerprint density at radius 3 is 2.33 bits per heavy atom. The van der Waals surface area contributed by atoms with Gasteiger partial charge in [-0.25, -0.2) is 5.43 Å². The first-order chi connectivity index (χ1) is 13.1. The molecule has 0 bridgehead atoms. The minimum atomic E-state index is -0.388. The van der Waals surface area contributed by atoms with Gasteiger partial charge in [-0.05, 0) is 48.9 Å². The summed E-state index contributed by atoms with van der Waals surface area (Å²) in [5, 5.41) is 6.75. The van der Waals surface area contributed by atoms with E-state index >= 15 is 0 Å². The summed E-state index contributed by atoms with van der Waals surface area (Å²) in [7, 11) is 0. The number of amides is 2. The van der Waals surface area contributed by atoms with Crippen LogP contribution < -0.4 is 10.7 Å². The zero-order valence-corrected chi connectivity index (χ0v) is 14.7. The Kier molecular flexibility index (Phi) is 5.69. The molecule has 0 radical (unpaired) electrons. The van der Waals surface area contributed by atoms with E-state index in [0.717, 1.165) is 16.8 Å². The molecule has 6 nitrogen and oxygen atoms in total. The van der Waals surface area contributed by atoms with Gasteiger partial charge in [0.1, 0.15) is 5.69 Å². The molecule has 0 saturated carbocycles. The van der Waals surface area contributed by atoms with Gasteiger partial charge in [0.05, 0.1) is 6.21 Å². The maximum atomic E-state index is 12.3. The fourth-order valence-corrected chi connectivity index (χ4v) is 2.28. The van der Waals surface area contributed by atoms with Crippen molar-refractivity contribution in [3.05, 3.63) is 95.3 Å². The van der Waals surface area contributed by atoms with E-state index in [1.807, 2.05) is 31.2 Å². The highest BCUT2D eigenvalue weighted by Crippen LogP contribution is 2.11. The number of hydrazone groups is 1. The Bertz CT molecular complexity index is 950. The van der Waals surface area contributed by atoms with E-state index < -0.39 is 0 Å². The first kappa shape index (κ1) is 18.0. The molecule has 2 N–H and O–H groups in total. The molecule has 134 valence electrons. The van der Waals surface area contributed by atoms with Gasteiger partial charge in [0.25, 0.3) is 11.8 Å². The summed E-state index contributed by atoms with van der Waals surface area (Å²) in [6.45, 7) is 1.99. The largest absolute Gasteiger partial charge is 0.322 e. The molecule has 0 aliphatic carbocycles. The lowest BCUT2D eigenvalue weighted by atomic mass is 10.1. The topological polar surface area (TPSA) is 83.5 Å². The molecule has 1 aromatic heterocycles. The monoisotopic (exact) mass is 358 g/mol. The van der Waals surface area contributed by atoms with Gasteiger partial charge < -0.3 is 5.32 Å². The number of anilines is 1. The van der Waals surface area contributed by atoms with Crippen molar-refractivity contribution in [3.63, 3.8) is 0 Å². The van der Waals surface area contributed by atoms with Crippen LogP contribution >= 0.6 is 0 Å². The number of aromatic nitrogens is 1. The van der Waals surface area contributed by atoms with Crippen molar-refractivity contribution in [3.8, 4) is 0 Å². The Morgan fingerprint density at radius 1 is 0.926 bits per heavy atom. The third kappa shape index (κ3) is 5.09. The molecular weight excluding hydrogens is 340 g/mol. The van der Waals surface area contributed by atoms with Crippen molar-refractivity contribution in [1.82, 2.24) is 10.4 Å². The molecule has 0 aliphatic rings. The van der Waals surface area contributed by atoms with Crippen molar-refractivity contribution >= 4 is 23.7 Å². The second-order valence-corrected chi connectivity index (χ2v) is 5.86. The molecule has 0 saturated heterocycles. The van der Waals surface area contributed by atoms with Crippen molar-refractivity contribution in [2.45, 2.75) is 6.92 Å². The summed E-state index contributed by atoms with van der Waals surface area (Å²) in [6, 6.07) is 19.6. The Hall–Kier alpha value is -3.80. The smallest absolute Gasteiger partial charge is 0.289 e. The molecule has 2 amide bonds. The fraction of sp³-hybridized carbons (Fsp3) is 0.0476. The predicted octanol–water partition coefficient (Wildman–Crippen LogP) is 3.41. The number of nitrogens with one attached hydrogen (secondary N) is 2. The highest BCUT2D eigenvalue weighted by molar-refractivity contribution is 6.04. The molecular formula is C21H18N4O2. The van der Waals surface area contributed by atoms with Crippen LogP contribution in [0.25, 0.3) is 0 Å². The van der Waals surface area contributed by atoms with Crippen molar-refractivity contribution in [2.75, 3.05) is 5.32 Å². The molecule has 2 aromatic carbocycles. The molecule has 0 spiro atoms. The van der Waals surface area contributed by atoms with Gasteiger partial charge in [0, 0.05) is 17.4 Å². The number of hydrogen-bond acceptors (Lipinski definition) is 4. The second-order valence-electron chi connectivity index (χ2n) is 5.86. The van der Waals surface area contributed by atoms with Crippen molar-refractivity contribution in [1.29, 1.82) is 0 Å². The van der Waals surface area contributed by atoms with E-state index in [1.165, 1.54) is 6.21 Å². The molecule has 0 fully saturated rings. The predicted molar refractivity (Wildman–Crippen MR) is 105 cm³/mol. The zero-order valence-electron chi connectivity index (χ0n) is 14.7. The Balaban J connectivity index is 1.57. The normalized spacial score (nSPS) is 10.6. The number of benzene rings is 2. The van der Waals surface area contributed by atoms with Crippen LogP contribution in [0.4, 0.5) is 5.69 Å². The number of aryl methyl sites for hydroxylation is 1. The average Bonchev–Trinajstić information content (AvgIpc) is 2.71. The zero-order chi connectivity index (χ0) is 19.1. The molecule has 0 aliphatic heterocycles. The van der Waals surface area contributed by atoms with Crippen LogP contribution in [0.5, 0.6) is 0 Å². The first-order valence-electron chi connectivity index (χ1n) is 8.34. The van der Waals surface area contributed by atoms with Crippen LogP contribution in [-0.4, -0.2) is 23.0 Å².